The van der Waals surface area contributed by atoms with Crippen LogP contribution in [0.4, 0.5) is 0 Å². The van der Waals surface area contributed by atoms with Gasteiger partial charge < -0.3 is 4.74 Å². The number of rotatable bonds is 4. The first kappa shape index (κ1) is 12.1. The van der Waals surface area contributed by atoms with Crippen molar-refractivity contribution in [1.29, 1.82) is 0 Å². The fraction of sp³-hybridized carbons (Fsp3) is 0.429. The van der Waals surface area contributed by atoms with Gasteiger partial charge in [0.2, 0.25) is 0 Å². The second-order valence-electron chi connectivity index (χ2n) is 4.82. The highest BCUT2D eigenvalue weighted by atomic mass is 16.5. The zero-order chi connectivity index (χ0) is 12.3. The molecule has 1 aliphatic rings. The van der Waals surface area contributed by atoms with Crippen LogP contribution in [0, 0.1) is 5.92 Å². The summed E-state index contributed by atoms with van der Waals surface area (Å²) < 4.78 is 5.78. The van der Waals surface area contributed by atoms with Crippen molar-refractivity contribution in [3.05, 3.63) is 42.0 Å². The molecule has 1 heterocycles. The fourth-order valence-corrected chi connectivity index (χ4v) is 2.35. The summed E-state index contributed by atoms with van der Waals surface area (Å²) in [6.07, 6.45) is 1.91. The highest BCUT2D eigenvalue weighted by molar-refractivity contribution is 5.35. The van der Waals surface area contributed by atoms with Crippen molar-refractivity contribution in [3.63, 3.8) is 0 Å². The summed E-state index contributed by atoms with van der Waals surface area (Å²) >= 11 is 0. The van der Waals surface area contributed by atoms with E-state index in [4.69, 9.17) is 10.6 Å². The van der Waals surface area contributed by atoms with E-state index in [1.165, 1.54) is 5.56 Å². The Hall–Kier alpha value is -1.32. The number of nitrogens with two attached hydrogens (primary N) is 1. The van der Waals surface area contributed by atoms with Crippen molar-refractivity contribution in [3.8, 4) is 5.75 Å². The molecule has 3 N–H and O–H groups in total. The van der Waals surface area contributed by atoms with Crippen molar-refractivity contribution in [1.82, 2.24) is 5.43 Å². The summed E-state index contributed by atoms with van der Waals surface area (Å²) in [5.74, 6) is 7.04. The molecule has 17 heavy (non-hydrogen) atoms. The minimum absolute atomic E-state index is 0.237. The van der Waals surface area contributed by atoms with Gasteiger partial charge >= 0.3 is 0 Å². The molecule has 2 unspecified atom stereocenters. The van der Waals surface area contributed by atoms with Gasteiger partial charge in [0, 0.05) is 12.0 Å². The summed E-state index contributed by atoms with van der Waals surface area (Å²) in [7, 11) is 0. The van der Waals surface area contributed by atoms with Crippen LogP contribution in [0.25, 0.3) is 0 Å². The summed E-state index contributed by atoms with van der Waals surface area (Å²) in [5, 5.41) is 0. The van der Waals surface area contributed by atoms with Crippen molar-refractivity contribution in [2.24, 2.45) is 11.8 Å². The minimum atomic E-state index is 0.237. The van der Waals surface area contributed by atoms with E-state index in [-0.39, 0.29) is 6.04 Å². The van der Waals surface area contributed by atoms with Crippen LogP contribution in [-0.2, 0) is 6.42 Å². The van der Waals surface area contributed by atoms with E-state index >= 15 is 0 Å². The molecule has 0 amide bonds. The molecule has 3 heteroatoms. The molecule has 0 saturated carbocycles. The number of para-hydroxylation sites is 1. The number of fused-ring (bicyclic) bond motifs is 1. The van der Waals surface area contributed by atoms with E-state index in [1.807, 2.05) is 25.1 Å². The van der Waals surface area contributed by atoms with Gasteiger partial charge in [-0.1, -0.05) is 23.8 Å². The molecule has 1 aromatic carbocycles. The van der Waals surface area contributed by atoms with Crippen molar-refractivity contribution in [2.75, 3.05) is 6.61 Å². The SMILES string of the molecule is C=C(C)CC(NN)C1COc2ccccc2C1. The Kier molecular flexibility index (Phi) is 3.82. The van der Waals surface area contributed by atoms with E-state index in [0.29, 0.717) is 5.92 Å². The Morgan fingerprint density at radius 2 is 2.35 bits per heavy atom. The van der Waals surface area contributed by atoms with E-state index in [0.717, 1.165) is 30.8 Å². The van der Waals surface area contributed by atoms with Gasteiger partial charge in [-0.2, -0.15) is 0 Å². The average Bonchev–Trinajstić information content (AvgIpc) is 2.35. The van der Waals surface area contributed by atoms with Gasteiger partial charge in [-0.3, -0.25) is 11.3 Å². The lowest BCUT2D eigenvalue weighted by Gasteiger charge is -2.31. The Balaban J connectivity index is 2.08. The second-order valence-corrected chi connectivity index (χ2v) is 4.82. The molecule has 0 radical (unpaired) electrons. The molecule has 0 aromatic heterocycles. The van der Waals surface area contributed by atoms with Crippen LogP contribution >= 0.6 is 0 Å². The predicted octanol–water partition coefficient (Wildman–Crippen LogP) is 2.04. The van der Waals surface area contributed by atoms with Gasteiger partial charge in [0.05, 0.1) is 6.61 Å². The maximum atomic E-state index is 5.78. The maximum Gasteiger partial charge on any atom is 0.122 e. The molecule has 1 aliphatic heterocycles. The Labute approximate surface area is 103 Å². The smallest absolute Gasteiger partial charge is 0.122 e. The first-order chi connectivity index (χ1) is 8.20. The van der Waals surface area contributed by atoms with Crippen LogP contribution < -0.4 is 16.0 Å². The van der Waals surface area contributed by atoms with E-state index in [1.54, 1.807) is 0 Å². The Morgan fingerprint density at radius 1 is 1.59 bits per heavy atom. The quantitative estimate of drug-likeness (QED) is 0.474. The average molecular weight is 232 g/mol. The molecule has 0 saturated heterocycles. The summed E-state index contributed by atoms with van der Waals surface area (Å²) in [6.45, 7) is 6.70. The normalized spacial score (nSPS) is 20.2. The minimum Gasteiger partial charge on any atom is -0.493 e. The van der Waals surface area contributed by atoms with Gasteiger partial charge in [0.15, 0.2) is 0 Å². The molecule has 0 spiro atoms. The number of ether oxygens (including phenoxy) is 1. The number of hydrazine groups is 1. The topological polar surface area (TPSA) is 47.3 Å². The molecule has 0 bridgehead atoms. The number of hydrogen-bond donors (Lipinski definition) is 2. The molecular weight excluding hydrogens is 212 g/mol. The van der Waals surface area contributed by atoms with Crippen LogP contribution in [0.3, 0.4) is 0 Å². The fourth-order valence-electron chi connectivity index (χ4n) is 2.35. The molecule has 3 nitrogen and oxygen atoms in total. The van der Waals surface area contributed by atoms with Crippen molar-refractivity contribution >= 4 is 0 Å². The van der Waals surface area contributed by atoms with Crippen molar-refractivity contribution in [2.45, 2.75) is 25.8 Å². The van der Waals surface area contributed by atoms with E-state index in [9.17, 15) is 0 Å². The van der Waals surface area contributed by atoms with Gasteiger partial charge in [-0.05, 0) is 31.4 Å². The van der Waals surface area contributed by atoms with Gasteiger partial charge in [-0.15, -0.1) is 6.58 Å². The number of benzene rings is 1. The maximum absolute atomic E-state index is 5.78. The lowest BCUT2D eigenvalue weighted by Crippen LogP contribution is -2.45. The third-order valence-corrected chi connectivity index (χ3v) is 3.26. The van der Waals surface area contributed by atoms with Crippen LogP contribution in [-0.4, -0.2) is 12.6 Å². The highest BCUT2D eigenvalue weighted by Crippen LogP contribution is 2.29. The molecule has 0 aliphatic carbocycles. The van der Waals surface area contributed by atoms with Crippen molar-refractivity contribution < 1.29 is 4.74 Å². The first-order valence-electron chi connectivity index (χ1n) is 6.02. The first-order valence-corrected chi connectivity index (χ1v) is 6.02. The molecule has 92 valence electrons. The lowest BCUT2D eigenvalue weighted by molar-refractivity contribution is 0.183. The standard InChI is InChI=1S/C14H20N2O/c1-10(2)7-13(16-15)12-8-11-5-3-4-6-14(11)17-9-12/h3-6,12-13,16H,1,7-9,15H2,2H3. The molecular formula is C14H20N2O. The molecule has 0 fully saturated rings. The van der Waals surface area contributed by atoms with Crippen LogP contribution in [0.1, 0.15) is 18.9 Å². The summed E-state index contributed by atoms with van der Waals surface area (Å²) in [5.41, 5.74) is 5.31. The number of nitrogens with one attached hydrogen (secondary N) is 1. The van der Waals surface area contributed by atoms with Crippen LogP contribution in [0.5, 0.6) is 5.75 Å². The van der Waals surface area contributed by atoms with Gasteiger partial charge in [0.1, 0.15) is 5.75 Å². The second kappa shape index (κ2) is 5.34. The molecule has 1 aromatic rings. The summed E-state index contributed by atoms with van der Waals surface area (Å²) in [6, 6.07) is 8.44. The van der Waals surface area contributed by atoms with E-state index in [2.05, 4.69) is 18.1 Å². The lowest BCUT2D eigenvalue weighted by atomic mass is 9.88. The predicted molar refractivity (Wildman–Crippen MR) is 69.7 cm³/mol. The van der Waals surface area contributed by atoms with Crippen LogP contribution in [0.15, 0.2) is 36.4 Å². The van der Waals surface area contributed by atoms with Gasteiger partial charge in [0.25, 0.3) is 0 Å². The number of hydrogen-bond acceptors (Lipinski definition) is 3. The highest BCUT2D eigenvalue weighted by Gasteiger charge is 2.26. The van der Waals surface area contributed by atoms with E-state index < -0.39 is 0 Å². The molecule has 2 atom stereocenters. The zero-order valence-electron chi connectivity index (χ0n) is 10.3. The Bertz CT molecular complexity index is 403. The third kappa shape index (κ3) is 2.87. The largest absolute Gasteiger partial charge is 0.493 e. The summed E-state index contributed by atoms with van der Waals surface area (Å²) in [4.78, 5) is 0. The monoisotopic (exact) mass is 232 g/mol. The zero-order valence-corrected chi connectivity index (χ0v) is 10.3. The third-order valence-electron chi connectivity index (χ3n) is 3.26. The Morgan fingerprint density at radius 3 is 3.06 bits per heavy atom. The molecule has 2 rings (SSSR count). The van der Waals surface area contributed by atoms with Gasteiger partial charge in [-0.25, -0.2) is 0 Å². The van der Waals surface area contributed by atoms with Crippen LogP contribution in [0.2, 0.25) is 0 Å².